The molecule has 0 N–H and O–H groups in total. The molecule has 2 aromatic carbocycles. The van der Waals surface area contributed by atoms with Crippen LogP contribution in [0.2, 0.25) is 0 Å². The monoisotopic (exact) mass is 314 g/mol. The summed E-state index contributed by atoms with van der Waals surface area (Å²) in [5, 5.41) is 9.87. The Balaban J connectivity index is 2.06. The van der Waals surface area contributed by atoms with Gasteiger partial charge in [-0.2, -0.15) is 18.4 Å². The van der Waals surface area contributed by atoms with Gasteiger partial charge in [0.1, 0.15) is 0 Å². The molecule has 0 unspecified atom stereocenters. The fraction of sp³-hybridized carbons (Fsp3) is 0.167. The molecule has 0 saturated carbocycles. The first-order valence-electron chi connectivity index (χ1n) is 7.02. The SMILES string of the molecule is Cn1cc(CC#N)c2cc(-c3ccc(C(F)(F)F)cc3)ccc21. The minimum atomic E-state index is -4.33. The van der Waals surface area contributed by atoms with Crippen LogP contribution in [0.4, 0.5) is 13.2 Å². The molecule has 23 heavy (non-hydrogen) atoms. The Hall–Kier alpha value is -2.74. The maximum absolute atomic E-state index is 12.6. The number of halogens is 3. The highest BCUT2D eigenvalue weighted by molar-refractivity contribution is 5.88. The Bertz CT molecular complexity index is 897. The van der Waals surface area contributed by atoms with Crippen molar-refractivity contribution in [3.05, 3.63) is 59.8 Å². The molecule has 0 aliphatic heterocycles. The van der Waals surface area contributed by atoms with Crippen LogP contribution in [-0.4, -0.2) is 4.57 Å². The number of hydrogen-bond donors (Lipinski definition) is 0. The lowest BCUT2D eigenvalue weighted by Crippen LogP contribution is -2.03. The molecule has 0 aliphatic carbocycles. The molecule has 1 heterocycles. The summed E-state index contributed by atoms with van der Waals surface area (Å²) in [6.07, 6.45) is -2.12. The zero-order valence-corrected chi connectivity index (χ0v) is 12.4. The van der Waals surface area contributed by atoms with Gasteiger partial charge in [0.05, 0.1) is 18.1 Å². The number of nitriles is 1. The van der Waals surface area contributed by atoms with Crippen LogP contribution in [-0.2, 0) is 19.6 Å². The highest BCUT2D eigenvalue weighted by Crippen LogP contribution is 2.32. The third kappa shape index (κ3) is 2.80. The number of hydrogen-bond acceptors (Lipinski definition) is 1. The maximum atomic E-state index is 12.6. The summed E-state index contributed by atoms with van der Waals surface area (Å²) in [7, 11) is 1.90. The highest BCUT2D eigenvalue weighted by atomic mass is 19.4. The number of fused-ring (bicyclic) bond motifs is 1. The van der Waals surface area contributed by atoms with Crippen LogP contribution in [0.15, 0.2) is 48.7 Å². The minimum Gasteiger partial charge on any atom is -0.350 e. The van der Waals surface area contributed by atoms with Gasteiger partial charge >= 0.3 is 6.18 Å². The molecule has 0 spiro atoms. The quantitative estimate of drug-likeness (QED) is 0.659. The predicted molar refractivity (Wildman–Crippen MR) is 82.7 cm³/mol. The fourth-order valence-electron chi connectivity index (χ4n) is 2.73. The summed E-state index contributed by atoms with van der Waals surface area (Å²) >= 11 is 0. The fourth-order valence-corrected chi connectivity index (χ4v) is 2.73. The van der Waals surface area contributed by atoms with Crippen LogP contribution in [0.5, 0.6) is 0 Å². The minimum absolute atomic E-state index is 0.299. The molecule has 3 aromatic rings. The number of benzene rings is 2. The Kier molecular flexibility index (Phi) is 3.61. The van der Waals surface area contributed by atoms with Gasteiger partial charge in [0.15, 0.2) is 0 Å². The average molecular weight is 314 g/mol. The first kappa shape index (κ1) is 15.2. The first-order chi connectivity index (χ1) is 10.9. The van der Waals surface area contributed by atoms with Crippen molar-refractivity contribution < 1.29 is 13.2 Å². The van der Waals surface area contributed by atoms with E-state index >= 15 is 0 Å². The van der Waals surface area contributed by atoms with Gasteiger partial charge in [-0.25, -0.2) is 0 Å². The third-order valence-corrected chi connectivity index (χ3v) is 3.89. The smallest absolute Gasteiger partial charge is 0.350 e. The lowest BCUT2D eigenvalue weighted by molar-refractivity contribution is -0.137. The molecule has 0 atom stereocenters. The molecule has 0 fully saturated rings. The molecule has 0 aliphatic rings. The van der Waals surface area contributed by atoms with E-state index in [0.29, 0.717) is 12.0 Å². The van der Waals surface area contributed by atoms with E-state index in [-0.39, 0.29) is 0 Å². The molecule has 2 nitrogen and oxygen atoms in total. The summed E-state index contributed by atoms with van der Waals surface area (Å²) in [4.78, 5) is 0. The second-order valence-corrected chi connectivity index (χ2v) is 5.41. The van der Waals surface area contributed by atoms with E-state index < -0.39 is 11.7 Å². The van der Waals surface area contributed by atoms with E-state index in [9.17, 15) is 13.2 Å². The number of aryl methyl sites for hydroxylation is 1. The van der Waals surface area contributed by atoms with Crippen molar-refractivity contribution in [1.29, 1.82) is 5.26 Å². The van der Waals surface area contributed by atoms with Crippen molar-refractivity contribution in [1.82, 2.24) is 4.57 Å². The zero-order chi connectivity index (χ0) is 16.6. The number of aromatic nitrogens is 1. The standard InChI is InChI=1S/C18H13F3N2/c1-23-11-14(8-9-22)16-10-13(4-7-17(16)23)12-2-5-15(6-3-12)18(19,20)21/h2-7,10-11H,8H2,1H3. The van der Waals surface area contributed by atoms with Crippen molar-refractivity contribution >= 4 is 10.9 Å². The summed E-state index contributed by atoms with van der Waals surface area (Å²) in [6, 6.07) is 13.0. The molecule has 0 radical (unpaired) electrons. The average Bonchev–Trinajstić information content (AvgIpc) is 2.83. The second kappa shape index (κ2) is 5.47. The van der Waals surface area contributed by atoms with Gasteiger partial charge in [-0.1, -0.05) is 18.2 Å². The molecule has 1 aromatic heterocycles. The van der Waals surface area contributed by atoms with Crippen LogP contribution in [0.3, 0.4) is 0 Å². The molecule has 5 heteroatoms. The number of alkyl halides is 3. The Morgan fingerprint density at radius 1 is 1.04 bits per heavy atom. The molecule has 3 rings (SSSR count). The van der Waals surface area contributed by atoms with Crippen LogP contribution < -0.4 is 0 Å². The van der Waals surface area contributed by atoms with Gasteiger partial charge in [0.2, 0.25) is 0 Å². The van der Waals surface area contributed by atoms with E-state index in [1.165, 1.54) is 12.1 Å². The second-order valence-electron chi connectivity index (χ2n) is 5.41. The van der Waals surface area contributed by atoms with Crippen molar-refractivity contribution in [3.63, 3.8) is 0 Å². The lowest BCUT2D eigenvalue weighted by Gasteiger charge is -2.08. The third-order valence-electron chi connectivity index (χ3n) is 3.89. The zero-order valence-electron chi connectivity index (χ0n) is 12.4. The van der Waals surface area contributed by atoms with Crippen LogP contribution in [0.1, 0.15) is 11.1 Å². The number of nitrogens with zero attached hydrogens (tertiary/aromatic N) is 2. The predicted octanol–water partition coefficient (Wildman–Crippen LogP) is 4.93. The Labute approximate surface area is 131 Å². The summed E-state index contributed by atoms with van der Waals surface area (Å²) in [5.41, 5.74) is 2.79. The maximum Gasteiger partial charge on any atom is 0.416 e. The lowest BCUT2D eigenvalue weighted by atomic mass is 10.0. The van der Waals surface area contributed by atoms with Gasteiger partial charge in [0, 0.05) is 24.1 Å². The summed E-state index contributed by atoms with van der Waals surface area (Å²) < 4.78 is 39.9. The Morgan fingerprint density at radius 3 is 2.30 bits per heavy atom. The van der Waals surface area contributed by atoms with Gasteiger partial charge < -0.3 is 4.57 Å². The van der Waals surface area contributed by atoms with Crippen LogP contribution in [0.25, 0.3) is 22.0 Å². The Morgan fingerprint density at radius 2 is 1.70 bits per heavy atom. The largest absolute Gasteiger partial charge is 0.416 e. The van der Waals surface area contributed by atoms with Crippen molar-refractivity contribution in [2.24, 2.45) is 7.05 Å². The van der Waals surface area contributed by atoms with Crippen LogP contribution in [0, 0.1) is 11.3 Å². The van der Waals surface area contributed by atoms with E-state index in [2.05, 4.69) is 6.07 Å². The van der Waals surface area contributed by atoms with Gasteiger partial charge in [-0.05, 0) is 41.0 Å². The first-order valence-corrected chi connectivity index (χ1v) is 7.02. The van der Waals surface area contributed by atoms with Gasteiger partial charge in [0.25, 0.3) is 0 Å². The molecule has 0 bridgehead atoms. The van der Waals surface area contributed by atoms with Crippen LogP contribution >= 0.6 is 0 Å². The van der Waals surface area contributed by atoms with Crippen molar-refractivity contribution in [3.8, 4) is 17.2 Å². The van der Waals surface area contributed by atoms with Crippen molar-refractivity contribution in [2.45, 2.75) is 12.6 Å². The van der Waals surface area contributed by atoms with E-state index in [0.717, 1.165) is 34.2 Å². The van der Waals surface area contributed by atoms with Crippen molar-refractivity contribution in [2.75, 3.05) is 0 Å². The summed E-state index contributed by atoms with van der Waals surface area (Å²) in [5.74, 6) is 0. The van der Waals surface area contributed by atoms with E-state index in [1.807, 2.05) is 36.0 Å². The molecular formula is C18H13F3N2. The topological polar surface area (TPSA) is 28.7 Å². The molecule has 0 amide bonds. The highest BCUT2D eigenvalue weighted by Gasteiger charge is 2.29. The van der Waals surface area contributed by atoms with Gasteiger partial charge in [-0.15, -0.1) is 0 Å². The molecule has 0 saturated heterocycles. The van der Waals surface area contributed by atoms with E-state index in [4.69, 9.17) is 5.26 Å². The summed E-state index contributed by atoms with van der Waals surface area (Å²) in [6.45, 7) is 0. The normalized spacial score (nSPS) is 11.6. The number of rotatable bonds is 2. The van der Waals surface area contributed by atoms with Gasteiger partial charge in [-0.3, -0.25) is 0 Å². The van der Waals surface area contributed by atoms with E-state index in [1.54, 1.807) is 0 Å². The molecule has 116 valence electrons. The molecular weight excluding hydrogens is 301 g/mol.